The Balaban J connectivity index is 2.15. The summed E-state index contributed by atoms with van der Waals surface area (Å²) >= 11 is 1.67. The van der Waals surface area contributed by atoms with Crippen molar-refractivity contribution in [3.05, 3.63) is 39.7 Å². The molecule has 0 saturated heterocycles. The Labute approximate surface area is 104 Å². The van der Waals surface area contributed by atoms with Crippen LogP contribution in [-0.2, 0) is 6.54 Å². The molecule has 0 aromatic carbocycles. The summed E-state index contributed by atoms with van der Waals surface area (Å²) in [6.45, 7) is 2.73. The quantitative estimate of drug-likeness (QED) is 0.870. The SMILES string of the molecule is Cc1cscc1CNc1nccc(C#N)c1N. The molecule has 0 atom stereocenters. The number of rotatable bonds is 3. The van der Waals surface area contributed by atoms with Gasteiger partial charge in [-0.2, -0.15) is 16.6 Å². The van der Waals surface area contributed by atoms with Gasteiger partial charge in [-0.1, -0.05) is 0 Å². The lowest BCUT2D eigenvalue weighted by atomic mass is 10.2. The molecule has 0 fully saturated rings. The van der Waals surface area contributed by atoms with Crippen molar-refractivity contribution in [2.24, 2.45) is 0 Å². The first-order valence-electron chi connectivity index (χ1n) is 5.12. The maximum Gasteiger partial charge on any atom is 0.150 e. The maximum absolute atomic E-state index is 8.86. The minimum absolute atomic E-state index is 0.405. The minimum Gasteiger partial charge on any atom is -0.395 e. The molecule has 0 radical (unpaired) electrons. The fraction of sp³-hybridized carbons (Fsp3) is 0.167. The molecule has 86 valence electrons. The number of nitrogens with two attached hydrogens (primary N) is 1. The van der Waals surface area contributed by atoms with Crippen LogP contribution in [0.3, 0.4) is 0 Å². The second kappa shape index (κ2) is 4.85. The zero-order chi connectivity index (χ0) is 12.3. The summed E-state index contributed by atoms with van der Waals surface area (Å²) in [5, 5.41) is 16.2. The van der Waals surface area contributed by atoms with Crippen LogP contribution in [0.2, 0.25) is 0 Å². The smallest absolute Gasteiger partial charge is 0.150 e. The average Bonchev–Trinajstić information content (AvgIpc) is 2.74. The normalized spacial score (nSPS) is 9.88. The largest absolute Gasteiger partial charge is 0.395 e. The van der Waals surface area contributed by atoms with E-state index in [1.807, 2.05) is 6.07 Å². The van der Waals surface area contributed by atoms with Crippen LogP contribution in [0, 0.1) is 18.3 Å². The van der Waals surface area contributed by atoms with Crippen LogP contribution in [0.15, 0.2) is 23.0 Å². The number of hydrogen-bond acceptors (Lipinski definition) is 5. The number of pyridine rings is 1. The van der Waals surface area contributed by atoms with E-state index in [4.69, 9.17) is 11.0 Å². The molecule has 4 nitrogen and oxygen atoms in total. The van der Waals surface area contributed by atoms with Crippen LogP contribution in [0.25, 0.3) is 0 Å². The van der Waals surface area contributed by atoms with Gasteiger partial charge in [0.2, 0.25) is 0 Å². The van der Waals surface area contributed by atoms with E-state index in [0.717, 1.165) is 0 Å². The molecule has 2 aromatic rings. The molecule has 2 heterocycles. The zero-order valence-electron chi connectivity index (χ0n) is 9.40. The lowest BCUT2D eigenvalue weighted by Gasteiger charge is -2.08. The van der Waals surface area contributed by atoms with E-state index in [-0.39, 0.29) is 0 Å². The van der Waals surface area contributed by atoms with Gasteiger partial charge in [0.05, 0.1) is 11.3 Å². The van der Waals surface area contributed by atoms with Gasteiger partial charge < -0.3 is 11.1 Å². The number of anilines is 2. The summed E-state index contributed by atoms with van der Waals surface area (Å²) in [7, 11) is 0. The number of aromatic nitrogens is 1. The second-order valence-electron chi connectivity index (χ2n) is 3.67. The number of hydrogen-bond donors (Lipinski definition) is 2. The second-order valence-corrected chi connectivity index (χ2v) is 4.41. The van der Waals surface area contributed by atoms with Gasteiger partial charge in [0.1, 0.15) is 6.07 Å². The highest BCUT2D eigenvalue weighted by Gasteiger charge is 2.06. The molecule has 0 aliphatic carbocycles. The van der Waals surface area contributed by atoms with Crippen LogP contribution in [0.4, 0.5) is 11.5 Å². The van der Waals surface area contributed by atoms with Crippen molar-refractivity contribution in [1.82, 2.24) is 4.98 Å². The molecule has 2 aromatic heterocycles. The topological polar surface area (TPSA) is 74.7 Å². The third-order valence-corrected chi connectivity index (χ3v) is 3.43. The molecule has 5 heteroatoms. The summed E-state index contributed by atoms with van der Waals surface area (Å²) in [6.07, 6.45) is 1.58. The van der Waals surface area contributed by atoms with Crippen molar-refractivity contribution in [3.63, 3.8) is 0 Å². The van der Waals surface area contributed by atoms with Crippen molar-refractivity contribution in [3.8, 4) is 6.07 Å². The molecule has 0 aliphatic heterocycles. The highest BCUT2D eigenvalue weighted by molar-refractivity contribution is 7.08. The fourth-order valence-corrected chi connectivity index (χ4v) is 2.32. The molecule has 2 rings (SSSR count). The van der Waals surface area contributed by atoms with Gasteiger partial charge in [0.15, 0.2) is 5.82 Å². The van der Waals surface area contributed by atoms with E-state index < -0.39 is 0 Å². The average molecular weight is 244 g/mol. The van der Waals surface area contributed by atoms with E-state index in [1.54, 1.807) is 23.6 Å². The Hall–Kier alpha value is -2.06. The molecular formula is C12H12N4S. The molecule has 0 saturated carbocycles. The maximum atomic E-state index is 8.86. The predicted octanol–water partition coefficient (Wildman–Crippen LogP) is 2.52. The fourth-order valence-electron chi connectivity index (χ4n) is 1.46. The number of aryl methyl sites for hydroxylation is 1. The van der Waals surface area contributed by atoms with Gasteiger partial charge in [0, 0.05) is 12.7 Å². The van der Waals surface area contributed by atoms with E-state index in [2.05, 4.69) is 28.0 Å². The monoisotopic (exact) mass is 244 g/mol. The summed E-state index contributed by atoms with van der Waals surface area (Å²) < 4.78 is 0. The highest BCUT2D eigenvalue weighted by atomic mass is 32.1. The van der Waals surface area contributed by atoms with Crippen LogP contribution in [0.1, 0.15) is 16.7 Å². The molecular weight excluding hydrogens is 232 g/mol. The van der Waals surface area contributed by atoms with E-state index in [9.17, 15) is 0 Å². The molecule has 0 bridgehead atoms. The first kappa shape index (κ1) is 11.4. The molecule has 0 unspecified atom stereocenters. The van der Waals surface area contributed by atoms with Gasteiger partial charge in [-0.15, -0.1) is 0 Å². The lowest BCUT2D eigenvalue weighted by molar-refractivity contribution is 1.10. The number of nitrogens with zero attached hydrogens (tertiary/aromatic N) is 2. The molecule has 0 spiro atoms. The van der Waals surface area contributed by atoms with Crippen molar-refractivity contribution in [2.75, 3.05) is 11.1 Å². The number of nitrogens with one attached hydrogen (secondary N) is 1. The first-order chi connectivity index (χ1) is 8.22. The van der Waals surface area contributed by atoms with Crippen LogP contribution < -0.4 is 11.1 Å². The van der Waals surface area contributed by atoms with E-state index in [1.165, 1.54) is 11.1 Å². The Kier molecular flexibility index (Phi) is 3.26. The van der Waals surface area contributed by atoms with Crippen molar-refractivity contribution in [2.45, 2.75) is 13.5 Å². The summed E-state index contributed by atoms with van der Waals surface area (Å²) in [5.41, 5.74) is 9.15. The van der Waals surface area contributed by atoms with Gasteiger partial charge in [0.25, 0.3) is 0 Å². The summed E-state index contributed by atoms with van der Waals surface area (Å²) in [4.78, 5) is 4.13. The first-order valence-corrected chi connectivity index (χ1v) is 6.06. The van der Waals surface area contributed by atoms with Crippen molar-refractivity contribution >= 4 is 22.8 Å². The van der Waals surface area contributed by atoms with Gasteiger partial charge in [-0.3, -0.25) is 0 Å². The number of nitriles is 1. The molecule has 0 amide bonds. The summed E-state index contributed by atoms with van der Waals surface area (Å²) in [5.74, 6) is 0.564. The molecule has 3 N–H and O–H groups in total. The predicted molar refractivity (Wildman–Crippen MR) is 69.7 cm³/mol. The Bertz CT molecular complexity index is 568. The Morgan fingerprint density at radius 3 is 3.00 bits per heavy atom. The third-order valence-electron chi connectivity index (χ3n) is 2.52. The number of thiophene rings is 1. The zero-order valence-corrected chi connectivity index (χ0v) is 10.2. The van der Waals surface area contributed by atoms with E-state index in [0.29, 0.717) is 23.6 Å². The highest BCUT2D eigenvalue weighted by Crippen LogP contribution is 2.21. The lowest BCUT2D eigenvalue weighted by Crippen LogP contribution is -2.05. The molecule has 17 heavy (non-hydrogen) atoms. The summed E-state index contributed by atoms with van der Waals surface area (Å²) in [6, 6.07) is 3.64. The Morgan fingerprint density at radius 2 is 2.35 bits per heavy atom. The van der Waals surface area contributed by atoms with Gasteiger partial charge in [-0.05, 0) is 34.9 Å². The van der Waals surface area contributed by atoms with Crippen LogP contribution >= 0.6 is 11.3 Å². The van der Waals surface area contributed by atoms with Gasteiger partial charge >= 0.3 is 0 Å². The van der Waals surface area contributed by atoms with Crippen LogP contribution in [0.5, 0.6) is 0 Å². The Morgan fingerprint density at radius 1 is 1.53 bits per heavy atom. The standard InChI is InChI=1S/C12H12N4S/c1-8-6-17-7-10(8)5-16-12-11(14)9(4-13)2-3-15-12/h2-3,6-7H,5,14H2,1H3,(H,15,16). The van der Waals surface area contributed by atoms with Gasteiger partial charge in [-0.25, -0.2) is 4.98 Å². The molecule has 0 aliphatic rings. The van der Waals surface area contributed by atoms with Crippen LogP contribution in [-0.4, -0.2) is 4.98 Å². The van der Waals surface area contributed by atoms with Crippen molar-refractivity contribution < 1.29 is 0 Å². The van der Waals surface area contributed by atoms with E-state index >= 15 is 0 Å². The third kappa shape index (κ3) is 2.37. The minimum atomic E-state index is 0.405. The number of nitrogen functional groups attached to an aromatic ring is 1. The van der Waals surface area contributed by atoms with Crippen molar-refractivity contribution in [1.29, 1.82) is 5.26 Å².